The van der Waals surface area contributed by atoms with Crippen LogP contribution in [0.25, 0.3) is 0 Å². The van der Waals surface area contributed by atoms with Gasteiger partial charge in [-0.1, -0.05) is 30.3 Å². The zero-order chi connectivity index (χ0) is 19.1. The van der Waals surface area contributed by atoms with Crippen molar-refractivity contribution in [2.24, 2.45) is 5.10 Å². The molecule has 0 aromatic heterocycles. The molecule has 4 heteroatoms. The van der Waals surface area contributed by atoms with Crippen molar-refractivity contribution in [3.63, 3.8) is 0 Å². The lowest BCUT2D eigenvalue weighted by Gasteiger charge is -2.13. The van der Waals surface area contributed by atoms with E-state index >= 15 is 0 Å². The van der Waals surface area contributed by atoms with Crippen molar-refractivity contribution in [3.05, 3.63) is 89.0 Å². The zero-order valence-electron chi connectivity index (χ0n) is 15.9. The number of hydrogen-bond acceptors (Lipinski definition) is 4. The van der Waals surface area contributed by atoms with E-state index in [0.717, 1.165) is 33.9 Å². The molecule has 0 radical (unpaired) electrons. The van der Waals surface area contributed by atoms with Gasteiger partial charge in [0, 0.05) is 5.56 Å². The first kappa shape index (κ1) is 18.5. The van der Waals surface area contributed by atoms with Gasteiger partial charge in [0.2, 0.25) is 0 Å². The second kappa shape index (κ2) is 8.90. The van der Waals surface area contributed by atoms with E-state index in [1.807, 2.05) is 55.5 Å². The van der Waals surface area contributed by atoms with Gasteiger partial charge >= 0.3 is 0 Å². The third kappa shape index (κ3) is 5.11. The number of methoxy groups -OCH3 is 1. The van der Waals surface area contributed by atoms with Gasteiger partial charge in [-0.3, -0.25) is 5.43 Å². The molecule has 3 aromatic rings. The van der Waals surface area contributed by atoms with E-state index in [1.54, 1.807) is 13.3 Å². The van der Waals surface area contributed by atoms with Crippen LogP contribution in [0.3, 0.4) is 0 Å². The van der Waals surface area contributed by atoms with Crippen LogP contribution in [0.5, 0.6) is 11.5 Å². The van der Waals surface area contributed by atoms with Crippen molar-refractivity contribution >= 4 is 11.9 Å². The Hall–Kier alpha value is -3.27. The van der Waals surface area contributed by atoms with Crippen molar-refractivity contribution in [2.75, 3.05) is 12.5 Å². The van der Waals surface area contributed by atoms with Gasteiger partial charge in [-0.05, 0) is 66.9 Å². The maximum atomic E-state index is 6.03. The third-order valence-electron chi connectivity index (χ3n) is 4.21. The molecule has 0 saturated heterocycles. The van der Waals surface area contributed by atoms with Crippen molar-refractivity contribution < 1.29 is 9.47 Å². The van der Waals surface area contributed by atoms with Crippen molar-refractivity contribution in [1.82, 2.24) is 0 Å². The Morgan fingerprint density at radius 3 is 2.52 bits per heavy atom. The largest absolute Gasteiger partial charge is 0.496 e. The number of rotatable bonds is 7. The maximum Gasteiger partial charge on any atom is 0.125 e. The van der Waals surface area contributed by atoms with Gasteiger partial charge in [0.1, 0.15) is 18.1 Å². The third-order valence-corrected chi connectivity index (χ3v) is 4.21. The predicted molar refractivity (Wildman–Crippen MR) is 111 cm³/mol. The first-order chi connectivity index (χ1) is 13.2. The molecule has 1 N–H and O–H groups in total. The molecule has 0 amide bonds. The first-order valence-electron chi connectivity index (χ1n) is 8.87. The highest BCUT2D eigenvalue weighted by molar-refractivity contribution is 5.81. The minimum Gasteiger partial charge on any atom is -0.496 e. The van der Waals surface area contributed by atoms with Crippen molar-refractivity contribution in [2.45, 2.75) is 20.5 Å². The van der Waals surface area contributed by atoms with E-state index in [9.17, 15) is 0 Å². The van der Waals surface area contributed by atoms with Crippen molar-refractivity contribution in [3.8, 4) is 11.5 Å². The van der Waals surface area contributed by atoms with Gasteiger partial charge in [0.05, 0.1) is 19.0 Å². The Labute approximate surface area is 160 Å². The summed E-state index contributed by atoms with van der Waals surface area (Å²) >= 11 is 0. The molecule has 3 aromatic carbocycles. The molecule has 0 bridgehead atoms. The van der Waals surface area contributed by atoms with Crippen LogP contribution in [0.1, 0.15) is 22.3 Å². The quantitative estimate of drug-likeness (QED) is 0.457. The fourth-order valence-corrected chi connectivity index (χ4v) is 2.70. The molecule has 0 heterocycles. The van der Waals surface area contributed by atoms with Crippen molar-refractivity contribution in [1.29, 1.82) is 0 Å². The molecule has 27 heavy (non-hydrogen) atoms. The highest BCUT2D eigenvalue weighted by Gasteiger charge is 2.07. The number of anilines is 1. The predicted octanol–water partition coefficient (Wildman–Crippen LogP) is 5.34. The topological polar surface area (TPSA) is 42.8 Å². The Balaban J connectivity index is 1.72. The van der Waals surface area contributed by atoms with Gasteiger partial charge in [-0.25, -0.2) is 0 Å². The number of ether oxygens (including phenoxy) is 2. The number of para-hydroxylation sites is 1. The van der Waals surface area contributed by atoms with Crippen LogP contribution in [-0.4, -0.2) is 13.3 Å². The molecule has 0 unspecified atom stereocenters. The molecule has 0 spiro atoms. The van der Waals surface area contributed by atoms with Crippen LogP contribution >= 0.6 is 0 Å². The number of nitrogens with zero attached hydrogens (tertiary/aromatic N) is 1. The average Bonchev–Trinajstić information content (AvgIpc) is 2.69. The minimum absolute atomic E-state index is 0.432. The van der Waals surface area contributed by atoms with Gasteiger partial charge in [0.15, 0.2) is 0 Å². The minimum atomic E-state index is 0.432. The SMILES string of the molecule is COc1ccc(C=NNc2ccccc2)cc1COc1cc(C)ccc1C. The molecule has 0 fully saturated rings. The molecule has 0 saturated carbocycles. The number of benzene rings is 3. The maximum absolute atomic E-state index is 6.03. The summed E-state index contributed by atoms with van der Waals surface area (Å²) < 4.78 is 11.5. The van der Waals surface area contributed by atoms with Crippen LogP contribution in [-0.2, 0) is 6.61 Å². The highest BCUT2D eigenvalue weighted by Crippen LogP contribution is 2.24. The van der Waals surface area contributed by atoms with Crippen LogP contribution < -0.4 is 14.9 Å². The van der Waals surface area contributed by atoms with E-state index in [4.69, 9.17) is 9.47 Å². The van der Waals surface area contributed by atoms with Gasteiger partial charge in [-0.2, -0.15) is 5.10 Å². The van der Waals surface area contributed by atoms with Gasteiger partial charge < -0.3 is 9.47 Å². The molecule has 0 aliphatic rings. The van der Waals surface area contributed by atoms with E-state index < -0.39 is 0 Å². The summed E-state index contributed by atoms with van der Waals surface area (Å²) in [5, 5.41) is 4.30. The Morgan fingerprint density at radius 2 is 1.74 bits per heavy atom. The summed E-state index contributed by atoms with van der Waals surface area (Å²) in [5.41, 5.74) is 8.20. The van der Waals surface area contributed by atoms with Crippen LogP contribution in [0.2, 0.25) is 0 Å². The van der Waals surface area contributed by atoms with E-state index in [1.165, 1.54) is 5.56 Å². The van der Waals surface area contributed by atoms with Gasteiger partial charge in [-0.15, -0.1) is 0 Å². The standard InChI is InChI=1S/C23H24N2O2/c1-17-9-10-18(2)23(13-17)27-16-20-14-19(11-12-22(20)26-3)15-24-25-21-7-5-4-6-8-21/h4-15,25H,16H2,1-3H3. The molecule has 0 atom stereocenters. The molecular weight excluding hydrogens is 336 g/mol. The fourth-order valence-electron chi connectivity index (χ4n) is 2.70. The summed E-state index contributed by atoms with van der Waals surface area (Å²) in [5.74, 6) is 1.69. The van der Waals surface area contributed by atoms with E-state index in [-0.39, 0.29) is 0 Å². The molecule has 138 valence electrons. The Morgan fingerprint density at radius 1 is 0.926 bits per heavy atom. The lowest BCUT2D eigenvalue weighted by atomic mass is 10.1. The fraction of sp³-hybridized carbons (Fsp3) is 0.174. The number of aryl methyl sites for hydroxylation is 2. The molecule has 3 rings (SSSR count). The lowest BCUT2D eigenvalue weighted by Crippen LogP contribution is -2.01. The number of hydrazone groups is 1. The molecule has 4 nitrogen and oxygen atoms in total. The van der Waals surface area contributed by atoms with E-state index in [0.29, 0.717) is 6.61 Å². The van der Waals surface area contributed by atoms with E-state index in [2.05, 4.69) is 35.7 Å². The second-order valence-electron chi connectivity index (χ2n) is 6.36. The van der Waals surface area contributed by atoms with Crippen LogP contribution in [0.15, 0.2) is 71.8 Å². The lowest BCUT2D eigenvalue weighted by molar-refractivity contribution is 0.294. The normalized spacial score (nSPS) is 10.8. The summed E-state index contributed by atoms with van der Waals surface area (Å²) in [6.07, 6.45) is 1.79. The molecule has 0 aliphatic carbocycles. The van der Waals surface area contributed by atoms with Crippen LogP contribution in [0.4, 0.5) is 5.69 Å². The van der Waals surface area contributed by atoms with Crippen LogP contribution in [0, 0.1) is 13.8 Å². The average molecular weight is 360 g/mol. The number of nitrogens with one attached hydrogen (secondary N) is 1. The summed E-state index contributed by atoms with van der Waals surface area (Å²) in [6, 6.07) is 22.0. The molecule has 0 aliphatic heterocycles. The monoisotopic (exact) mass is 360 g/mol. The molecular formula is C23H24N2O2. The summed E-state index contributed by atoms with van der Waals surface area (Å²) in [4.78, 5) is 0. The summed E-state index contributed by atoms with van der Waals surface area (Å²) in [6.45, 7) is 4.54. The van der Waals surface area contributed by atoms with Gasteiger partial charge in [0.25, 0.3) is 0 Å². The Bertz CT molecular complexity index is 921. The summed E-state index contributed by atoms with van der Waals surface area (Å²) in [7, 11) is 1.67. The Kier molecular flexibility index (Phi) is 6.10. The highest BCUT2D eigenvalue weighted by atomic mass is 16.5. The smallest absolute Gasteiger partial charge is 0.125 e. The second-order valence-corrected chi connectivity index (χ2v) is 6.36. The number of hydrogen-bond donors (Lipinski definition) is 1. The zero-order valence-corrected chi connectivity index (χ0v) is 15.9. The first-order valence-corrected chi connectivity index (χ1v) is 8.87.